The van der Waals surface area contributed by atoms with Crippen molar-refractivity contribution in [1.82, 2.24) is 10.2 Å². The number of anilines is 1. The maximum atomic E-state index is 13.1. The molecule has 0 amide bonds. The molecule has 2 N–H and O–H groups in total. The molecule has 2 aromatic rings. The molecule has 1 heterocycles. The van der Waals surface area contributed by atoms with E-state index in [9.17, 15) is 13.6 Å². The first-order valence-corrected chi connectivity index (χ1v) is 6.49. The number of hydrogen-bond donors (Lipinski definition) is 2. The van der Waals surface area contributed by atoms with Crippen LogP contribution in [0.1, 0.15) is 28.5 Å². The van der Waals surface area contributed by atoms with Crippen LogP contribution >= 0.6 is 0 Å². The highest BCUT2D eigenvalue weighted by Gasteiger charge is 2.18. The number of aromatic amines is 1. The van der Waals surface area contributed by atoms with Gasteiger partial charge < -0.3 is 4.74 Å². The number of hydrazone groups is 1. The third-order valence-electron chi connectivity index (χ3n) is 2.75. The average Bonchev–Trinajstić information content (AvgIpc) is 2.84. The number of halogens is 2. The van der Waals surface area contributed by atoms with Gasteiger partial charge in [-0.2, -0.15) is 10.2 Å². The number of hydrogen-bond acceptors (Lipinski definition) is 5. The smallest absolute Gasteiger partial charge is 0.343 e. The Morgan fingerprint density at radius 3 is 2.91 bits per heavy atom. The number of benzene rings is 1. The van der Waals surface area contributed by atoms with Gasteiger partial charge in [0.25, 0.3) is 0 Å². The first-order valence-electron chi connectivity index (χ1n) is 6.49. The van der Waals surface area contributed by atoms with E-state index in [1.54, 1.807) is 13.8 Å². The number of aryl methyl sites for hydroxylation is 1. The number of nitrogens with one attached hydrogen (secondary N) is 2. The Labute approximate surface area is 125 Å². The van der Waals surface area contributed by atoms with Crippen molar-refractivity contribution in [3.05, 3.63) is 46.7 Å². The zero-order valence-electron chi connectivity index (χ0n) is 12.0. The van der Waals surface area contributed by atoms with Crippen LogP contribution in [0.3, 0.4) is 0 Å². The fourth-order valence-electron chi connectivity index (χ4n) is 1.72. The Morgan fingerprint density at radius 1 is 1.45 bits per heavy atom. The minimum absolute atomic E-state index is 0.190. The number of carbonyl (C=O) groups excluding carboxylic acids is 1. The minimum atomic E-state index is -0.966. The summed E-state index contributed by atoms with van der Waals surface area (Å²) in [5, 5.41) is 10.4. The number of H-pyrrole nitrogens is 1. The quantitative estimate of drug-likeness (QED) is 0.505. The largest absolute Gasteiger partial charge is 0.462 e. The molecule has 0 saturated heterocycles. The second-order valence-electron chi connectivity index (χ2n) is 4.34. The van der Waals surface area contributed by atoms with Crippen molar-refractivity contribution in [2.45, 2.75) is 13.8 Å². The van der Waals surface area contributed by atoms with E-state index in [2.05, 4.69) is 20.7 Å². The number of ether oxygens (including phenoxy) is 1. The van der Waals surface area contributed by atoms with Crippen LogP contribution in [-0.2, 0) is 4.74 Å². The molecular formula is C14H14F2N4O2. The molecule has 22 heavy (non-hydrogen) atoms. The molecule has 0 spiro atoms. The van der Waals surface area contributed by atoms with Crippen molar-refractivity contribution >= 4 is 18.0 Å². The van der Waals surface area contributed by atoms with Crippen LogP contribution in [0.5, 0.6) is 0 Å². The number of esters is 1. The van der Waals surface area contributed by atoms with E-state index < -0.39 is 17.6 Å². The predicted octanol–water partition coefficient (Wildman–Crippen LogP) is 2.62. The van der Waals surface area contributed by atoms with Gasteiger partial charge in [0.1, 0.15) is 5.56 Å². The van der Waals surface area contributed by atoms with Crippen molar-refractivity contribution in [3.63, 3.8) is 0 Å². The third kappa shape index (κ3) is 3.46. The summed E-state index contributed by atoms with van der Waals surface area (Å²) >= 11 is 0. The van der Waals surface area contributed by atoms with Gasteiger partial charge in [0, 0.05) is 5.69 Å². The van der Waals surface area contributed by atoms with Crippen molar-refractivity contribution in [2.75, 3.05) is 12.0 Å². The summed E-state index contributed by atoms with van der Waals surface area (Å²) in [7, 11) is 0. The van der Waals surface area contributed by atoms with E-state index in [4.69, 9.17) is 4.74 Å². The fourth-order valence-corrected chi connectivity index (χ4v) is 1.72. The maximum Gasteiger partial charge on any atom is 0.343 e. The van der Waals surface area contributed by atoms with Gasteiger partial charge in [-0.15, -0.1) is 0 Å². The third-order valence-corrected chi connectivity index (χ3v) is 2.75. The molecule has 1 aromatic heterocycles. The molecule has 0 fully saturated rings. The monoisotopic (exact) mass is 308 g/mol. The minimum Gasteiger partial charge on any atom is -0.462 e. The first kappa shape index (κ1) is 15.6. The van der Waals surface area contributed by atoms with Crippen molar-refractivity contribution < 1.29 is 18.3 Å². The summed E-state index contributed by atoms with van der Waals surface area (Å²) in [5.41, 5.74) is 3.70. The Kier molecular flexibility index (Phi) is 4.82. The Balaban J connectivity index is 2.13. The van der Waals surface area contributed by atoms with E-state index in [1.165, 1.54) is 12.3 Å². The molecule has 2 rings (SSSR count). The number of carbonyl (C=O) groups is 1. The van der Waals surface area contributed by atoms with Gasteiger partial charge >= 0.3 is 5.97 Å². The van der Waals surface area contributed by atoms with Crippen molar-refractivity contribution in [3.8, 4) is 0 Å². The maximum absolute atomic E-state index is 13.1. The lowest BCUT2D eigenvalue weighted by Crippen LogP contribution is -2.08. The highest BCUT2D eigenvalue weighted by atomic mass is 19.2. The Morgan fingerprint density at radius 2 is 2.23 bits per heavy atom. The van der Waals surface area contributed by atoms with Crippen LogP contribution in [0.15, 0.2) is 23.3 Å². The van der Waals surface area contributed by atoms with Gasteiger partial charge in [-0.25, -0.2) is 13.6 Å². The van der Waals surface area contributed by atoms with Gasteiger partial charge in [0.15, 0.2) is 17.5 Å². The Bertz CT molecular complexity index is 713. The first-order chi connectivity index (χ1) is 10.5. The van der Waals surface area contributed by atoms with E-state index in [-0.39, 0.29) is 18.0 Å². The van der Waals surface area contributed by atoms with E-state index in [0.29, 0.717) is 11.3 Å². The van der Waals surface area contributed by atoms with Gasteiger partial charge in [-0.1, -0.05) is 6.07 Å². The normalized spacial score (nSPS) is 10.9. The molecule has 0 aliphatic rings. The number of nitrogens with zero attached hydrogens (tertiary/aromatic N) is 2. The van der Waals surface area contributed by atoms with Gasteiger partial charge in [-0.05, 0) is 31.5 Å². The zero-order valence-corrected chi connectivity index (χ0v) is 12.0. The van der Waals surface area contributed by atoms with E-state index >= 15 is 0 Å². The molecule has 0 bridgehead atoms. The summed E-state index contributed by atoms with van der Waals surface area (Å²) in [6, 6.07) is 3.37. The molecule has 0 unspecified atom stereocenters. The molecule has 8 heteroatoms. The van der Waals surface area contributed by atoms with Gasteiger partial charge in [-0.3, -0.25) is 10.5 Å². The van der Waals surface area contributed by atoms with Crippen molar-refractivity contribution in [1.29, 1.82) is 0 Å². The molecule has 0 radical (unpaired) electrons. The summed E-state index contributed by atoms with van der Waals surface area (Å²) in [6.45, 7) is 3.60. The highest BCUT2D eigenvalue weighted by Crippen LogP contribution is 2.17. The van der Waals surface area contributed by atoms with Gasteiger partial charge in [0.05, 0.1) is 12.8 Å². The van der Waals surface area contributed by atoms with Crippen LogP contribution in [0.4, 0.5) is 14.6 Å². The van der Waals surface area contributed by atoms with E-state index in [1.807, 2.05) is 0 Å². The summed E-state index contributed by atoms with van der Waals surface area (Å²) in [6.07, 6.45) is 1.28. The topological polar surface area (TPSA) is 79.4 Å². The molecular weight excluding hydrogens is 294 g/mol. The molecule has 0 atom stereocenters. The van der Waals surface area contributed by atoms with Crippen LogP contribution in [0.2, 0.25) is 0 Å². The molecule has 1 aromatic carbocycles. The SMILES string of the molecule is CCOC(=O)c1c(NN=Cc2ccc(F)c(F)c2)n[nH]c1C. The summed E-state index contributed by atoms with van der Waals surface area (Å²) < 4.78 is 30.8. The fraction of sp³-hybridized carbons (Fsp3) is 0.214. The van der Waals surface area contributed by atoms with Crippen molar-refractivity contribution in [2.24, 2.45) is 5.10 Å². The van der Waals surface area contributed by atoms with Crippen LogP contribution in [-0.4, -0.2) is 29.0 Å². The lowest BCUT2D eigenvalue weighted by molar-refractivity contribution is 0.0526. The molecule has 0 aliphatic carbocycles. The Hall–Kier alpha value is -2.77. The standard InChI is InChI=1S/C14H14F2N4O2/c1-3-22-14(21)12-8(2)18-20-13(12)19-17-7-9-4-5-10(15)11(16)6-9/h4-7H,3H2,1-2H3,(H2,18,19,20). The van der Waals surface area contributed by atoms with E-state index in [0.717, 1.165) is 12.1 Å². The van der Waals surface area contributed by atoms with Crippen LogP contribution in [0, 0.1) is 18.6 Å². The second kappa shape index (κ2) is 6.79. The average molecular weight is 308 g/mol. The highest BCUT2D eigenvalue weighted by molar-refractivity contribution is 5.96. The molecule has 116 valence electrons. The summed E-state index contributed by atoms with van der Waals surface area (Å²) in [5.74, 6) is -2.24. The lowest BCUT2D eigenvalue weighted by Gasteiger charge is -2.02. The molecule has 0 saturated carbocycles. The lowest BCUT2D eigenvalue weighted by atomic mass is 10.2. The predicted molar refractivity (Wildman–Crippen MR) is 76.9 cm³/mol. The zero-order chi connectivity index (χ0) is 16.1. The van der Waals surface area contributed by atoms with Gasteiger partial charge in [0.2, 0.25) is 0 Å². The number of rotatable bonds is 5. The van der Waals surface area contributed by atoms with Crippen LogP contribution < -0.4 is 5.43 Å². The number of aromatic nitrogens is 2. The summed E-state index contributed by atoms with van der Waals surface area (Å²) in [4.78, 5) is 11.8. The van der Waals surface area contributed by atoms with Crippen LogP contribution in [0.25, 0.3) is 0 Å². The second-order valence-corrected chi connectivity index (χ2v) is 4.34. The molecule has 0 aliphatic heterocycles. The molecule has 6 nitrogen and oxygen atoms in total.